The molecule has 1 saturated heterocycles. The first-order valence-corrected chi connectivity index (χ1v) is 10.4. The average molecular weight is 394 g/mol. The maximum atomic E-state index is 12.3. The first kappa shape index (κ1) is 20.9. The van der Waals surface area contributed by atoms with Gasteiger partial charge in [-0.1, -0.05) is 61.5 Å². The number of urea groups is 1. The summed E-state index contributed by atoms with van der Waals surface area (Å²) in [4.78, 5) is 16.6. The molecule has 0 bridgehead atoms. The van der Waals surface area contributed by atoms with Crippen molar-refractivity contribution >= 4 is 12.1 Å². The largest absolute Gasteiger partial charge is 0.492 e. The highest BCUT2D eigenvalue weighted by atomic mass is 16.5. The Morgan fingerprint density at radius 1 is 1.03 bits per heavy atom. The summed E-state index contributed by atoms with van der Waals surface area (Å²) in [6.07, 6.45) is 5.36. The lowest BCUT2D eigenvalue weighted by atomic mass is 10.2. The van der Waals surface area contributed by atoms with E-state index in [2.05, 4.69) is 53.6 Å². The standard InChI is InChI=1S/C24H31N3O2/c1-2-21-10-12-23(13-11-21)29-20-14-25-24(28)27-18-16-26(17-19-27)15-6-9-22-7-4-3-5-8-22/h3-13H,2,14-20H2,1H3,(H,25,28)/b9-6+. The number of ether oxygens (including phenoxy) is 1. The lowest BCUT2D eigenvalue weighted by Gasteiger charge is -2.34. The minimum Gasteiger partial charge on any atom is -0.492 e. The molecule has 1 N–H and O–H groups in total. The second-order valence-electron chi connectivity index (χ2n) is 7.18. The molecule has 0 aromatic heterocycles. The van der Waals surface area contributed by atoms with E-state index in [1.807, 2.05) is 35.2 Å². The van der Waals surface area contributed by atoms with Crippen LogP contribution in [0, 0.1) is 0 Å². The van der Waals surface area contributed by atoms with Crippen LogP contribution in [-0.2, 0) is 6.42 Å². The van der Waals surface area contributed by atoms with Crippen molar-refractivity contribution in [2.45, 2.75) is 13.3 Å². The minimum absolute atomic E-state index is 0.00518. The lowest BCUT2D eigenvalue weighted by Crippen LogP contribution is -2.52. The molecule has 3 rings (SSSR count). The van der Waals surface area contributed by atoms with Crippen LogP contribution in [0.1, 0.15) is 18.1 Å². The molecule has 0 spiro atoms. The molecular weight excluding hydrogens is 362 g/mol. The fourth-order valence-electron chi connectivity index (χ4n) is 3.30. The Balaban J connectivity index is 1.29. The van der Waals surface area contributed by atoms with Gasteiger partial charge in [0.15, 0.2) is 0 Å². The Morgan fingerprint density at radius 2 is 1.76 bits per heavy atom. The number of hydrogen-bond acceptors (Lipinski definition) is 3. The van der Waals surface area contributed by atoms with Crippen molar-refractivity contribution in [3.63, 3.8) is 0 Å². The lowest BCUT2D eigenvalue weighted by molar-refractivity contribution is 0.145. The van der Waals surface area contributed by atoms with Gasteiger partial charge in [0.25, 0.3) is 0 Å². The molecular formula is C24H31N3O2. The molecule has 5 nitrogen and oxygen atoms in total. The van der Waals surface area contributed by atoms with Gasteiger partial charge in [0, 0.05) is 32.7 Å². The van der Waals surface area contributed by atoms with Crippen molar-refractivity contribution in [1.29, 1.82) is 0 Å². The van der Waals surface area contributed by atoms with E-state index in [1.54, 1.807) is 0 Å². The molecule has 2 aromatic rings. The van der Waals surface area contributed by atoms with Gasteiger partial charge in [0.1, 0.15) is 12.4 Å². The maximum Gasteiger partial charge on any atom is 0.317 e. The van der Waals surface area contributed by atoms with Crippen LogP contribution in [0.5, 0.6) is 5.75 Å². The molecule has 1 aliphatic rings. The molecule has 0 radical (unpaired) electrons. The molecule has 0 aliphatic carbocycles. The molecule has 1 heterocycles. The van der Waals surface area contributed by atoms with Gasteiger partial charge in [-0.2, -0.15) is 0 Å². The molecule has 0 atom stereocenters. The average Bonchev–Trinajstić information content (AvgIpc) is 2.78. The van der Waals surface area contributed by atoms with E-state index < -0.39 is 0 Å². The number of nitrogens with zero attached hydrogens (tertiary/aromatic N) is 2. The molecule has 154 valence electrons. The number of benzene rings is 2. The van der Waals surface area contributed by atoms with Crippen LogP contribution in [-0.4, -0.2) is 61.7 Å². The summed E-state index contributed by atoms with van der Waals surface area (Å²) in [5.74, 6) is 0.841. The number of hydrogen-bond donors (Lipinski definition) is 1. The Kier molecular flexibility index (Phi) is 8.13. The zero-order chi connectivity index (χ0) is 20.3. The van der Waals surface area contributed by atoms with Crippen molar-refractivity contribution < 1.29 is 9.53 Å². The van der Waals surface area contributed by atoms with Gasteiger partial charge < -0.3 is 15.0 Å². The fraction of sp³-hybridized carbons (Fsp3) is 0.375. The van der Waals surface area contributed by atoms with Gasteiger partial charge in [0.2, 0.25) is 0 Å². The molecule has 1 fully saturated rings. The predicted molar refractivity (Wildman–Crippen MR) is 118 cm³/mol. The van der Waals surface area contributed by atoms with E-state index in [9.17, 15) is 4.79 Å². The van der Waals surface area contributed by atoms with E-state index in [4.69, 9.17) is 4.74 Å². The number of rotatable bonds is 8. The summed E-state index contributed by atoms with van der Waals surface area (Å²) in [6, 6.07) is 18.4. The third-order valence-corrected chi connectivity index (χ3v) is 5.11. The highest BCUT2D eigenvalue weighted by molar-refractivity contribution is 5.74. The van der Waals surface area contributed by atoms with Crippen LogP contribution < -0.4 is 10.1 Å². The van der Waals surface area contributed by atoms with E-state index in [0.29, 0.717) is 13.2 Å². The van der Waals surface area contributed by atoms with Crippen molar-refractivity contribution in [3.8, 4) is 5.75 Å². The van der Waals surface area contributed by atoms with Crippen molar-refractivity contribution in [2.75, 3.05) is 45.9 Å². The number of carbonyl (C=O) groups is 1. The predicted octanol–water partition coefficient (Wildman–Crippen LogP) is 3.67. The first-order valence-electron chi connectivity index (χ1n) is 10.4. The van der Waals surface area contributed by atoms with Crippen LogP contribution in [0.4, 0.5) is 4.79 Å². The SMILES string of the molecule is CCc1ccc(OCCNC(=O)N2CCN(C/C=C/c3ccccc3)CC2)cc1. The van der Waals surface area contributed by atoms with Gasteiger partial charge in [-0.05, 0) is 29.7 Å². The number of aryl methyl sites for hydroxylation is 1. The monoisotopic (exact) mass is 393 g/mol. The second kappa shape index (κ2) is 11.3. The van der Waals surface area contributed by atoms with E-state index in [-0.39, 0.29) is 6.03 Å². The molecule has 29 heavy (non-hydrogen) atoms. The fourth-order valence-corrected chi connectivity index (χ4v) is 3.30. The van der Waals surface area contributed by atoms with Crippen molar-refractivity contribution in [3.05, 3.63) is 71.8 Å². The molecule has 1 aliphatic heterocycles. The summed E-state index contributed by atoms with van der Waals surface area (Å²) in [6.45, 7) is 7.33. The Bertz CT molecular complexity index is 766. The number of piperazine rings is 1. The molecule has 0 saturated carbocycles. The summed E-state index contributed by atoms with van der Waals surface area (Å²) < 4.78 is 5.69. The second-order valence-corrected chi connectivity index (χ2v) is 7.18. The Hall–Kier alpha value is -2.79. The van der Waals surface area contributed by atoms with Gasteiger partial charge in [0.05, 0.1) is 6.54 Å². The topological polar surface area (TPSA) is 44.8 Å². The third kappa shape index (κ3) is 6.95. The van der Waals surface area contributed by atoms with Gasteiger partial charge >= 0.3 is 6.03 Å². The highest BCUT2D eigenvalue weighted by Crippen LogP contribution is 2.12. The number of amides is 2. The van der Waals surface area contributed by atoms with Gasteiger partial charge in [-0.3, -0.25) is 4.90 Å². The van der Waals surface area contributed by atoms with E-state index in [0.717, 1.165) is 44.9 Å². The first-order chi connectivity index (χ1) is 14.2. The summed E-state index contributed by atoms with van der Waals surface area (Å²) in [7, 11) is 0. The van der Waals surface area contributed by atoms with Crippen LogP contribution in [0.15, 0.2) is 60.7 Å². The number of carbonyl (C=O) groups excluding carboxylic acids is 1. The normalized spacial score (nSPS) is 14.9. The highest BCUT2D eigenvalue weighted by Gasteiger charge is 2.19. The van der Waals surface area contributed by atoms with Crippen LogP contribution >= 0.6 is 0 Å². The smallest absolute Gasteiger partial charge is 0.317 e. The zero-order valence-electron chi connectivity index (χ0n) is 17.2. The van der Waals surface area contributed by atoms with Crippen LogP contribution in [0.25, 0.3) is 6.08 Å². The molecule has 0 unspecified atom stereocenters. The van der Waals surface area contributed by atoms with E-state index in [1.165, 1.54) is 11.1 Å². The zero-order valence-corrected chi connectivity index (χ0v) is 17.2. The summed E-state index contributed by atoms with van der Waals surface area (Å²) in [5.41, 5.74) is 2.51. The minimum atomic E-state index is -0.00518. The molecule has 5 heteroatoms. The van der Waals surface area contributed by atoms with Crippen LogP contribution in [0.2, 0.25) is 0 Å². The van der Waals surface area contributed by atoms with Gasteiger partial charge in [-0.15, -0.1) is 0 Å². The quantitative estimate of drug-likeness (QED) is 0.696. The van der Waals surface area contributed by atoms with Crippen molar-refractivity contribution in [1.82, 2.24) is 15.1 Å². The third-order valence-electron chi connectivity index (χ3n) is 5.11. The van der Waals surface area contributed by atoms with Crippen LogP contribution in [0.3, 0.4) is 0 Å². The van der Waals surface area contributed by atoms with Gasteiger partial charge in [-0.25, -0.2) is 4.79 Å². The molecule has 2 amide bonds. The maximum absolute atomic E-state index is 12.3. The summed E-state index contributed by atoms with van der Waals surface area (Å²) in [5, 5.41) is 2.95. The molecule has 2 aromatic carbocycles. The number of nitrogens with one attached hydrogen (secondary N) is 1. The Labute approximate surface area is 174 Å². The summed E-state index contributed by atoms with van der Waals surface area (Å²) >= 11 is 0. The Morgan fingerprint density at radius 3 is 2.45 bits per heavy atom. The van der Waals surface area contributed by atoms with E-state index >= 15 is 0 Å². The van der Waals surface area contributed by atoms with Crippen molar-refractivity contribution in [2.24, 2.45) is 0 Å².